The summed E-state index contributed by atoms with van der Waals surface area (Å²) in [6.07, 6.45) is 2.45. The van der Waals surface area contributed by atoms with Gasteiger partial charge in [-0.1, -0.05) is 20.3 Å². The molecule has 0 rings (SSSR count). The first-order valence-corrected chi connectivity index (χ1v) is 6.72. The number of halogens is 1. The second-order valence-electron chi connectivity index (χ2n) is 3.05. The van der Waals surface area contributed by atoms with E-state index in [1.165, 1.54) is 0 Å². The molecule has 0 spiro atoms. The van der Waals surface area contributed by atoms with E-state index >= 15 is 0 Å². The van der Waals surface area contributed by atoms with Crippen molar-refractivity contribution in [2.75, 3.05) is 12.3 Å². The van der Waals surface area contributed by atoms with Crippen molar-refractivity contribution in [3.05, 3.63) is 0 Å². The van der Waals surface area contributed by atoms with Crippen LogP contribution in [0.25, 0.3) is 0 Å². The lowest BCUT2D eigenvalue weighted by atomic mass is 10.2. The largest absolute Gasteiger partial charge is 0.214 e. The molecule has 0 bridgehead atoms. The highest BCUT2D eigenvalue weighted by Crippen LogP contribution is 2.03. The SMILES string of the molecule is CCCC(Cl)CNS(=O)(=O)CCC. The topological polar surface area (TPSA) is 46.2 Å². The molecule has 0 radical (unpaired) electrons. The van der Waals surface area contributed by atoms with Crippen LogP contribution in [-0.4, -0.2) is 26.1 Å². The van der Waals surface area contributed by atoms with Crippen molar-refractivity contribution >= 4 is 21.6 Å². The maximum atomic E-state index is 11.2. The van der Waals surface area contributed by atoms with Gasteiger partial charge in [-0.25, -0.2) is 13.1 Å². The molecule has 0 aliphatic rings. The van der Waals surface area contributed by atoms with Gasteiger partial charge in [0.2, 0.25) is 10.0 Å². The molecule has 0 aromatic carbocycles. The Morgan fingerprint density at radius 1 is 1.31 bits per heavy atom. The number of hydrogen-bond acceptors (Lipinski definition) is 2. The Kier molecular flexibility index (Phi) is 6.73. The van der Waals surface area contributed by atoms with Gasteiger partial charge in [-0.15, -0.1) is 11.6 Å². The molecule has 1 N–H and O–H groups in total. The lowest BCUT2D eigenvalue weighted by Gasteiger charge is -2.09. The molecule has 5 heteroatoms. The normalized spacial score (nSPS) is 14.4. The van der Waals surface area contributed by atoms with Gasteiger partial charge in [0, 0.05) is 11.9 Å². The molecular formula is C8H18ClNO2S. The molecule has 1 unspecified atom stereocenters. The van der Waals surface area contributed by atoms with E-state index in [9.17, 15) is 8.42 Å². The lowest BCUT2D eigenvalue weighted by Crippen LogP contribution is -2.31. The molecule has 1 atom stereocenters. The molecule has 0 saturated heterocycles. The van der Waals surface area contributed by atoms with Crippen LogP contribution >= 0.6 is 11.6 Å². The molecule has 0 aromatic heterocycles. The van der Waals surface area contributed by atoms with Crippen molar-refractivity contribution in [3.63, 3.8) is 0 Å². The minimum Gasteiger partial charge on any atom is -0.214 e. The number of nitrogens with one attached hydrogen (secondary N) is 1. The molecular weight excluding hydrogens is 210 g/mol. The van der Waals surface area contributed by atoms with E-state index in [4.69, 9.17) is 11.6 Å². The summed E-state index contributed by atoms with van der Waals surface area (Å²) >= 11 is 5.86. The fraction of sp³-hybridized carbons (Fsp3) is 1.00. The summed E-state index contributed by atoms with van der Waals surface area (Å²) < 4.78 is 24.8. The second-order valence-corrected chi connectivity index (χ2v) is 5.60. The van der Waals surface area contributed by atoms with Gasteiger partial charge in [-0.3, -0.25) is 0 Å². The highest BCUT2D eigenvalue weighted by Gasteiger charge is 2.10. The van der Waals surface area contributed by atoms with Gasteiger partial charge < -0.3 is 0 Å². The van der Waals surface area contributed by atoms with E-state index in [2.05, 4.69) is 4.72 Å². The molecule has 0 aromatic rings. The Morgan fingerprint density at radius 3 is 2.38 bits per heavy atom. The van der Waals surface area contributed by atoms with Gasteiger partial charge in [-0.05, 0) is 12.8 Å². The third-order valence-corrected chi connectivity index (χ3v) is 3.52. The van der Waals surface area contributed by atoms with Crippen molar-refractivity contribution in [2.24, 2.45) is 0 Å². The van der Waals surface area contributed by atoms with Gasteiger partial charge in [0.25, 0.3) is 0 Å². The Hall–Kier alpha value is 0.200. The van der Waals surface area contributed by atoms with Crippen molar-refractivity contribution in [1.82, 2.24) is 4.72 Å². The van der Waals surface area contributed by atoms with Crippen LogP contribution in [0.15, 0.2) is 0 Å². The van der Waals surface area contributed by atoms with Crippen LogP contribution in [0, 0.1) is 0 Å². The van der Waals surface area contributed by atoms with E-state index in [-0.39, 0.29) is 11.1 Å². The Bertz CT molecular complexity index is 216. The summed E-state index contributed by atoms with van der Waals surface area (Å²) in [4.78, 5) is 0. The number of hydrogen-bond donors (Lipinski definition) is 1. The molecule has 13 heavy (non-hydrogen) atoms. The molecule has 3 nitrogen and oxygen atoms in total. The third-order valence-electron chi connectivity index (χ3n) is 1.60. The van der Waals surface area contributed by atoms with Crippen molar-refractivity contribution in [3.8, 4) is 0 Å². The van der Waals surface area contributed by atoms with E-state index in [1.807, 2.05) is 13.8 Å². The van der Waals surface area contributed by atoms with Crippen LogP contribution in [0.4, 0.5) is 0 Å². The van der Waals surface area contributed by atoms with E-state index in [0.29, 0.717) is 13.0 Å². The number of sulfonamides is 1. The molecule has 0 heterocycles. The summed E-state index contributed by atoms with van der Waals surface area (Å²) in [6, 6.07) is 0. The summed E-state index contributed by atoms with van der Waals surface area (Å²) in [5, 5.41) is -0.0865. The molecule has 80 valence electrons. The zero-order chi connectivity index (χ0) is 10.3. The minimum atomic E-state index is -3.08. The third kappa shape index (κ3) is 7.28. The number of rotatable bonds is 7. The van der Waals surface area contributed by atoms with Crippen LogP contribution in [0.3, 0.4) is 0 Å². The lowest BCUT2D eigenvalue weighted by molar-refractivity contribution is 0.575. The first kappa shape index (κ1) is 13.2. The zero-order valence-electron chi connectivity index (χ0n) is 8.22. The zero-order valence-corrected chi connectivity index (χ0v) is 9.79. The maximum absolute atomic E-state index is 11.2. The summed E-state index contributed by atoms with van der Waals surface area (Å²) in [5.41, 5.74) is 0. The van der Waals surface area contributed by atoms with Gasteiger partial charge in [-0.2, -0.15) is 0 Å². The quantitative estimate of drug-likeness (QED) is 0.674. The molecule has 0 aliphatic carbocycles. The van der Waals surface area contributed by atoms with Crippen molar-refractivity contribution in [2.45, 2.75) is 38.5 Å². The fourth-order valence-electron chi connectivity index (χ4n) is 0.974. The highest BCUT2D eigenvalue weighted by atomic mass is 35.5. The Morgan fingerprint density at radius 2 is 1.92 bits per heavy atom. The van der Waals surface area contributed by atoms with Crippen LogP contribution in [0.2, 0.25) is 0 Å². The molecule has 0 aliphatic heterocycles. The summed E-state index contributed by atoms with van der Waals surface area (Å²) in [7, 11) is -3.08. The molecule has 0 fully saturated rings. The minimum absolute atomic E-state index is 0.0865. The van der Waals surface area contributed by atoms with Gasteiger partial charge in [0.15, 0.2) is 0 Å². The van der Waals surface area contributed by atoms with Crippen LogP contribution in [0.5, 0.6) is 0 Å². The summed E-state index contributed by atoms with van der Waals surface area (Å²) in [6.45, 7) is 4.21. The predicted octanol–water partition coefficient (Wildman–Crippen LogP) is 1.72. The van der Waals surface area contributed by atoms with Crippen LogP contribution in [0.1, 0.15) is 33.1 Å². The van der Waals surface area contributed by atoms with Gasteiger partial charge >= 0.3 is 0 Å². The van der Waals surface area contributed by atoms with Crippen LogP contribution in [-0.2, 0) is 10.0 Å². The summed E-state index contributed by atoms with van der Waals surface area (Å²) in [5.74, 6) is 0.183. The first-order chi connectivity index (χ1) is 6.02. The van der Waals surface area contributed by atoms with E-state index < -0.39 is 10.0 Å². The van der Waals surface area contributed by atoms with Crippen molar-refractivity contribution < 1.29 is 8.42 Å². The average molecular weight is 228 g/mol. The molecule has 0 amide bonds. The smallest absolute Gasteiger partial charge is 0.211 e. The van der Waals surface area contributed by atoms with Gasteiger partial charge in [0.1, 0.15) is 0 Å². The number of alkyl halides is 1. The Labute approximate surface area is 85.9 Å². The highest BCUT2D eigenvalue weighted by molar-refractivity contribution is 7.89. The van der Waals surface area contributed by atoms with E-state index in [1.54, 1.807) is 0 Å². The van der Waals surface area contributed by atoms with Crippen LogP contribution < -0.4 is 4.72 Å². The Balaban J connectivity index is 3.74. The second kappa shape index (κ2) is 6.62. The van der Waals surface area contributed by atoms with Crippen molar-refractivity contribution in [1.29, 1.82) is 0 Å². The standard InChI is InChI=1S/C8H18ClNO2S/c1-3-5-8(9)7-10-13(11,12)6-4-2/h8,10H,3-7H2,1-2H3. The predicted molar refractivity (Wildman–Crippen MR) is 56.6 cm³/mol. The van der Waals surface area contributed by atoms with E-state index in [0.717, 1.165) is 12.8 Å². The average Bonchev–Trinajstić information content (AvgIpc) is 2.02. The maximum Gasteiger partial charge on any atom is 0.211 e. The van der Waals surface area contributed by atoms with Gasteiger partial charge in [0.05, 0.1) is 5.75 Å². The fourth-order valence-corrected chi connectivity index (χ4v) is 2.50. The first-order valence-electron chi connectivity index (χ1n) is 4.63. The monoisotopic (exact) mass is 227 g/mol. The molecule has 0 saturated carbocycles.